The number of halogens is 3. The van der Waals surface area contributed by atoms with Gasteiger partial charge in [-0.2, -0.15) is 13.2 Å². The molecule has 1 N–H and O–H groups in total. The summed E-state index contributed by atoms with van der Waals surface area (Å²) in [5, 5.41) is 2.87. The van der Waals surface area contributed by atoms with Gasteiger partial charge >= 0.3 is 6.18 Å². The zero-order valence-corrected chi connectivity index (χ0v) is 12.9. The van der Waals surface area contributed by atoms with E-state index in [2.05, 4.69) is 16.9 Å². The third-order valence-electron chi connectivity index (χ3n) is 3.49. The summed E-state index contributed by atoms with van der Waals surface area (Å²) in [7, 11) is 0. The molecule has 0 spiro atoms. The third kappa shape index (κ3) is 4.94. The van der Waals surface area contributed by atoms with Gasteiger partial charge in [0.25, 0.3) is 0 Å². The van der Waals surface area contributed by atoms with E-state index in [-0.39, 0.29) is 18.4 Å². The van der Waals surface area contributed by atoms with E-state index >= 15 is 0 Å². The van der Waals surface area contributed by atoms with Crippen LogP contribution in [0.25, 0.3) is 0 Å². The normalized spacial score (nSPS) is 12.5. The number of nitrogens with zero attached hydrogens (tertiary/aromatic N) is 1. The van der Waals surface area contributed by atoms with Crippen LogP contribution in [0.5, 0.6) is 0 Å². The van der Waals surface area contributed by atoms with Crippen molar-refractivity contribution in [3.05, 3.63) is 78.1 Å². The number of alkyl halides is 3. The fourth-order valence-electron chi connectivity index (χ4n) is 2.28. The summed E-state index contributed by atoms with van der Waals surface area (Å²) >= 11 is 0. The first-order chi connectivity index (χ1) is 11.4. The van der Waals surface area contributed by atoms with Crippen LogP contribution in [0.1, 0.15) is 29.2 Å². The SMILES string of the molecule is C=CCC(NC(=O)Cc1ccc(C(F)(F)F)cc1)c1ccncc1. The molecule has 1 heterocycles. The molecule has 6 heteroatoms. The van der Waals surface area contributed by atoms with E-state index in [0.29, 0.717) is 12.0 Å². The van der Waals surface area contributed by atoms with Gasteiger partial charge in [-0.05, 0) is 41.8 Å². The largest absolute Gasteiger partial charge is 0.416 e. The Bertz CT molecular complexity index is 682. The molecule has 1 atom stereocenters. The van der Waals surface area contributed by atoms with Crippen LogP contribution in [-0.2, 0) is 17.4 Å². The Morgan fingerprint density at radius 2 is 1.79 bits per heavy atom. The minimum atomic E-state index is -4.38. The summed E-state index contributed by atoms with van der Waals surface area (Å²) in [4.78, 5) is 16.1. The third-order valence-corrected chi connectivity index (χ3v) is 3.49. The monoisotopic (exact) mass is 334 g/mol. The van der Waals surface area contributed by atoms with Crippen LogP contribution in [0.2, 0.25) is 0 Å². The minimum Gasteiger partial charge on any atom is -0.349 e. The van der Waals surface area contributed by atoms with Crippen molar-refractivity contribution in [1.82, 2.24) is 10.3 Å². The van der Waals surface area contributed by atoms with E-state index < -0.39 is 11.7 Å². The first-order valence-corrected chi connectivity index (χ1v) is 7.36. The molecule has 0 saturated heterocycles. The fourth-order valence-corrected chi connectivity index (χ4v) is 2.28. The number of hydrogen-bond acceptors (Lipinski definition) is 2. The second kappa shape index (κ2) is 7.77. The van der Waals surface area contributed by atoms with Crippen LogP contribution in [0.15, 0.2) is 61.4 Å². The molecule has 0 aliphatic rings. The van der Waals surface area contributed by atoms with Gasteiger partial charge < -0.3 is 5.32 Å². The van der Waals surface area contributed by atoms with E-state index in [1.165, 1.54) is 12.1 Å². The number of nitrogens with one attached hydrogen (secondary N) is 1. The van der Waals surface area contributed by atoms with Crippen LogP contribution in [0, 0.1) is 0 Å². The lowest BCUT2D eigenvalue weighted by Crippen LogP contribution is -2.29. The predicted octanol–water partition coefficient (Wildman–Crippen LogP) is 4.08. The molecule has 1 amide bonds. The Morgan fingerprint density at radius 1 is 1.17 bits per heavy atom. The van der Waals surface area contributed by atoms with Crippen molar-refractivity contribution in [2.24, 2.45) is 0 Å². The summed E-state index contributed by atoms with van der Waals surface area (Å²) in [6, 6.07) is 7.94. The molecular formula is C18H17F3N2O. The molecule has 3 nitrogen and oxygen atoms in total. The number of carbonyl (C=O) groups is 1. The number of rotatable bonds is 6. The Hall–Kier alpha value is -2.63. The molecular weight excluding hydrogens is 317 g/mol. The van der Waals surface area contributed by atoms with E-state index in [1.807, 2.05) is 0 Å². The standard InChI is InChI=1S/C18H17F3N2O/c1-2-3-16(14-8-10-22-11-9-14)23-17(24)12-13-4-6-15(7-5-13)18(19,20)21/h2,4-11,16H,1,3,12H2,(H,23,24). The van der Waals surface area contributed by atoms with Gasteiger partial charge in [0.15, 0.2) is 0 Å². The number of pyridine rings is 1. The molecule has 2 aromatic rings. The second-order valence-corrected chi connectivity index (χ2v) is 5.30. The van der Waals surface area contributed by atoms with Gasteiger partial charge in [0, 0.05) is 12.4 Å². The highest BCUT2D eigenvalue weighted by atomic mass is 19.4. The summed E-state index contributed by atoms with van der Waals surface area (Å²) in [6.07, 6.45) is 1.14. The highest BCUT2D eigenvalue weighted by Gasteiger charge is 2.30. The van der Waals surface area contributed by atoms with E-state index in [9.17, 15) is 18.0 Å². The van der Waals surface area contributed by atoms with Gasteiger partial charge in [0.1, 0.15) is 0 Å². The Morgan fingerprint density at radius 3 is 2.33 bits per heavy atom. The average molecular weight is 334 g/mol. The lowest BCUT2D eigenvalue weighted by Gasteiger charge is -2.17. The van der Waals surface area contributed by atoms with Crippen molar-refractivity contribution >= 4 is 5.91 Å². The van der Waals surface area contributed by atoms with Crippen molar-refractivity contribution in [2.75, 3.05) is 0 Å². The Labute approximate surface area is 138 Å². The molecule has 0 aliphatic carbocycles. The van der Waals surface area contributed by atoms with Crippen molar-refractivity contribution in [3.63, 3.8) is 0 Å². The number of benzene rings is 1. The predicted molar refractivity (Wildman–Crippen MR) is 85.1 cm³/mol. The quantitative estimate of drug-likeness (QED) is 0.809. The van der Waals surface area contributed by atoms with Crippen molar-refractivity contribution < 1.29 is 18.0 Å². The first-order valence-electron chi connectivity index (χ1n) is 7.36. The van der Waals surface area contributed by atoms with Crippen LogP contribution in [0.3, 0.4) is 0 Å². The molecule has 2 rings (SSSR count). The molecule has 1 unspecified atom stereocenters. The highest BCUT2D eigenvalue weighted by Crippen LogP contribution is 2.29. The second-order valence-electron chi connectivity index (χ2n) is 5.30. The number of amides is 1. The first kappa shape index (κ1) is 17.7. The zero-order valence-electron chi connectivity index (χ0n) is 12.9. The van der Waals surface area contributed by atoms with Crippen molar-refractivity contribution in [3.8, 4) is 0 Å². The maximum absolute atomic E-state index is 12.5. The number of carbonyl (C=O) groups excluding carboxylic acids is 1. The Kier molecular flexibility index (Phi) is 5.73. The molecule has 0 aliphatic heterocycles. The molecule has 1 aromatic heterocycles. The molecule has 1 aromatic carbocycles. The summed E-state index contributed by atoms with van der Waals surface area (Å²) < 4.78 is 37.6. The van der Waals surface area contributed by atoms with E-state index in [4.69, 9.17) is 0 Å². The van der Waals surface area contributed by atoms with Gasteiger partial charge in [-0.25, -0.2) is 0 Å². The van der Waals surface area contributed by atoms with E-state index in [1.54, 1.807) is 30.6 Å². The average Bonchev–Trinajstić information content (AvgIpc) is 2.55. The van der Waals surface area contributed by atoms with Crippen molar-refractivity contribution in [1.29, 1.82) is 0 Å². The summed E-state index contributed by atoms with van der Waals surface area (Å²) in [5.74, 6) is -0.265. The number of hydrogen-bond donors (Lipinski definition) is 1. The van der Waals surface area contributed by atoms with E-state index in [0.717, 1.165) is 17.7 Å². The van der Waals surface area contributed by atoms with Crippen LogP contribution in [0.4, 0.5) is 13.2 Å². The molecule has 0 radical (unpaired) electrons. The molecule has 0 fully saturated rings. The van der Waals surface area contributed by atoms with Gasteiger partial charge in [0.05, 0.1) is 18.0 Å². The van der Waals surface area contributed by atoms with Crippen LogP contribution < -0.4 is 5.32 Å². The summed E-state index contributed by atoms with van der Waals surface area (Å²) in [5.41, 5.74) is 0.686. The topological polar surface area (TPSA) is 42.0 Å². The molecule has 0 bridgehead atoms. The molecule has 126 valence electrons. The lowest BCUT2D eigenvalue weighted by molar-refractivity contribution is -0.137. The van der Waals surface area contributed by atoms with Crippen LogP contribution >= 0.6 is 0 Å². The minimum absolute atomic E-state index is 0.0108. The van der Waals surface area contributed by atoms with Gasteiger partial charge in [0.2, 0.25) is 5.91 Å². The maximum Gasteiger partial charge on any atom is 0.416 e. The fraction of sp³-hybridized carbons (Fsp3) is 0.222. The molecule has 0 saturated carbocycles. The molecule has 24 heavy (non-hydrogen) atoms. The summed E-state index contributed by atoms with van der Waals surface area (Å²) in [6.45, 7) is 3.68. The lowest BCUT2D eigenvalue weighted by atomic mass is 10.0. The van der Waals surface area contributed by atoms with Gasteiger partial charge in [-0.3, -0.25) is 9.78 Å². The smallest absolute Gasteiger partial charge is 0.349 e. The maximum atomic E-state index is 12.5. The highest BCUT2D eigenvalue weighted by molar-refractivity contribution is 5.79. The van der Waals surface area contributed by atoms with Crippen LogP contribution in [-0.4, -0.2) is 10.9 Å². The van der Waals surface area contributed by atoms with Gasteiger partial charge in [-0.1, -0.05) is 18.2 Å². The zero-order chi connectivity index (χ0) is 17.6. The van der Waals surface area contributed by atoms with Gasteiger partial charge in [-0.15, -0.1) is 6.58 Å². The number of aromatic nitrogens is 1. The Balaban J connectivity index is 2.02. The van der Waals surface area contributed by atoms with Crippen molar-refractivity contribution in [2.45, 2.75) is 25.1 Å².